The van der Waals surface area contributed by atoms with Gasteiger partial charge >= 0.3 is 0 Å². The van der Waals surface area contributed by atoms with Crippen molar-refractivity contribution in [2.75, 3.05) is 13.1 Å². The van der Waals surface area contributed by atoms with Crippen molar-refractivity contribution in [1.29, 1.82) is 0 Å². The molecule has 25 heavy (non-hydrogen) atoms. The van der Waals surface area contributed by atoms with Gasteiger partial charge in [-0.3, -0.25) is 4.90 Å². The Bertz CT molecular complexity index is 728. The minimum Gasteiger partial charge on any atom is -0.373 e. The van der Waals surface area contributed by atoms with Crippen LogP contribution in [0.5, 0.6) is 0 Å². The van der Waals surface area contributed by atoms with Crippen molar-refractivity contribution in [2.45, 2.75) is 77.5 Å². The van der Waals surface area contributed by atoms with Crippen LogP contribution in [-0.4, -0.2) is 40.2 Å². The van der Waals surface area contributed by atoms with E-state index in [9.17, 15) is 0 Å². The predicted octanol–water partition coefficient (Wildman–Crippen LogP) is 4.66. The molecule has 2 aromatic heterocycles. The van der Waals surface area contributed by atoms with E-state index in [-0.39, 0.29) is 0 Å². The molecule has 0 bridgehead atoms. The number of morpholine rings is 1. The summed E-state index contributed by atoms with van der Waals surface area (Å²) in [5, 5.41) is 1.28. The van der Waals surface area contributed by atoms with Gasteiger partial charge in [0.15, 0.2) is 0 Å². The number of hydrogen-bond donors (Lipinski definition) is 0. The summed E-state index contributed by atoms with van der Waals surface area (Å²) in [6.07, 6.45) is 7.42. The Labute approximate surface area is 154 Å². The number of ether oxygens (including phenoxy) is 1. The highest BCUT2D eigenvalue weighted by atomic mass is 32.1. The van der Waals surface area contributed by atoms with E-state index in [4.69, 9.17) is 14.7 Å². The molecule has 1 aliphatic carbocycles. The minimum atomic E-state index is 0.294. The van der Waals surface area contributed by atoms with Gasteiger partial charge in [0.1, 0.15) is 10.7 Å². The Hall–Kier alpha value is -1.04. The molecule has 0 amide bonds. The zero-order valence-electron chi connectivity index (χ0n) is 15.6. The summed E-state index contributed by atoms with van der Waals surface area (Å²) < 4.78 is 5.88. The van der Waals surface area contributed by atoms with Gasteiger partial charge in [-0.1, -0.05) is 19.3 Å². The second-order valence-corrected chi connectivity index (χ2v) is 8.93. The normalized spacial score (nSPS) is 26.4. The van der Waals surface area contributed by atoms with Gasteiger partial charge in [-0.2, -0.15) is 0 Å². The number of fused-ring (bicyclic) bond motifs is 1. The summed E-state index contributed by atoms with van der Waals surface area (Å²) in [6, 6.07) is 2.40. The third-order valence-electron chi connectivity index (χ3n) is 5.48. The van der Waals surface area contributed by atoms with Gasteiger partial charge in [0.25, 0.3) is 0 Å². The molecule has 5 heteroatoms. The lowest BCUT2D eigenvalue weighted by Gasteiger charge is -2.35. The van der Waals surface area contributed by atoms with Gasteiger partial charge in [0.2, 0.25) is 0 Å². The first-order valence-corrected chi connectivity index (χ1v) is 10.5. The summed E-state index contributed by atoms with van der Waals surface area (Å²) in [4.78, 5) is 14.7. The van der Waals surface area contributed by atoms with E-state index in [1.807, 2.05) is 18.3 Å². The molecule has 4 nitrogen and oxygen atoms in total. The van der Waals surface area contributed by atoms with Gasteiger partial charge in [-0.25, -0.2) is 9.97 Å². The fourth-order valence-corrected chi connectivity index (χ4v) is 5.72. The highest BCUT2D eigenvalue weighted by Gasteiger charge is 2.24. The highest BCUT2D eigenvalue weighted by molar-refractivity contribution is 7.18. The molecule has 2 fully saturated rings. The van der Waals surface area contributed by atoms with Crippen LogP contribution >= 0.6 is 11.3 Å². The molecule has 0 spiro atoms. The molecular formula is C20H29N3OS. The number of nitrogens with zero attached hydrogens (tertiary/aromatic N) is 3. The number of rotatable bonds is 3. The second kappa shape index (κ2) is 7.29. The molecular weight excluding hydrogens is 330 g/mol. The first-order valence-electron chi connectivity index (χ1n) is 9.73. The van der Waals surface area contributed by atoms with E-state index >= 15 is 0 Å². The topological polar surface area (TPSA) is 38.2 Å². The van der Waals surface area contributed by atoms with Crippen LogP contribution in [0.15, 0.2) is 6.07 Å². The molecule has 1 saturated heterocycles. The van der Waals surface area contributed by atoms with Crippen molar-refractivity contribution >= 4 is 21.6 Å². The van der Waals surface area contributed by atoms with E-state index in [1.165, 1.54) is 52.9 Å². The summed E-state index contributed by atoms with van der Waals surface area (Å²) in [7, 11) is 0. The standard InChI is InChI=1S/C20H29N3OS/c1-13-10-23(11-14(2)24-13)12-18-17-9-19(16-7-5-4-6-8-16)25-20(17)22-15(3)21-18/h9,13-14,16H,4-8,10-12H2,1-3H3/t13-,14+. The molecule has 0 radical (unpaired) electrons. The maximum atomic E-state index is 5.88. The van der Waals surface area contributed by atoms with Gasteiger partial charge < -0.3 is 4.74 Å². The Morgan fingerprint density at radius 1 is 1.12 bits per heavy atom. The molecule has 0 N–H and O–H groups in total. The first-order chi connectivity index (χ1) is 12.1. The SMILES string of the molecule is Cc1nc(CN2C[C@@H](C)O[C@@H](C)C2)c2cc(C3CCCCC3)sc2n1. The van der Waals surface area contributed by atoms with Gasteiger partial charge in [-0.15, -0.1) is 11.3 Å². The van der Waals surface area contributed by atoms with Crippen LogP contribution in [0.25, 0.3) is 10.2 Å². The zero-order valence-corrected chi connectivity index (χ0v) is 16.4. The first kappa shape index (κ1) is 17.4. The molecule has 3 heterocycles. The van der Waals surface area contributed by atoms with E-state index < -0.39 is 0 Å². The monoisotopic (exact) mass is 359 g/mol. The van der Waals surface area contributed by atoms with Crippen molar-refractivity contribution in [3.63, 3.8) is 0 Å². The van der Waals surface area contributed by atoms with Crippen molar-refractivity contribution in [3.05, 3.63) is 22.5 Å². The summed E-state index contributed by atoms with van der Waals surface area (Å²) in [5.74, 6) is 1.64. The lowest BCUT2D eigenvalue weighted by atomic mass is 9.88. The average Bonchev–Trinajstić information content (AvgIpc) is 2.99. The zero-order chi connectivity index (χ0) is 17.4. The molecule has 2 aliphatic rings. The fraction of sp³-hybridized carbons (Fsp3) is 0.700. The van der Waals surface area contributed by atoms with Crippen LogP contribution in [0, 0.1) is 6.92 Å². The van der Waals surface area contributed by atoms with Gasteiger partial charge in [0.05, 0.1) is 17.9 Å². The van der Waals surface area contributed by atoms with Crippen molar-refractivity contribution < 1.29 is 4.74 Å². The predicted molar refractivity (Wildman–Crippen MR) is 103 cm³/mol. The maximum absolute atomic E-state index is 5.88. The molecule has 2 atom stereocenters. The lowest BCUT2D eigenvalue weighted by molar-refractivity contribution is -0.0706. The summed E-state index contributed by atoms with van der Waals surface area (Å²) in [5.41, 5.74) is 1.20. The van der Waals surface area contributed by atoms with Gasteiger partial charge in [0, 0.05) is 29.9 Å². The van der Waals surface area contributed by atoms with Crippen molar-refractivity contribution in [2.24, 2.45) is 0 Å². The molecule has 4 rings (SSSR count). The van der Waals surface area contributed by atoms with Crippen LogP contribution in [-0.2, 0) is 11.3 Å². The Morgan fingerprint density at radius 2 is 1.84 bits per heavy atom. The van der Waals surface area contributed by atoms with E-state index in [0.717, 1.165) is 31.4 Å². The van der Waals surface area contributed by atoms with Crippen LogP contribution in [0.1, 0.15) is 68.3 Å². The lowest BCUT2D eigenvalue weighted by Crippen LogP contribution is -2.45. The van der Waals surface area contributed by atoms with Crippen molar-refractivity contribution in [3.8, 4) is 0 Å². The van der Waals surface area contributed by atoms with Crippen LogP contribution < -0.4 is 0 Å². The molecule has 1 aliphatic heterocycles. The number of aromatic nitrogens is 2. The maximum Gasteiger partial charge on any atom is 0.127 e. The largest absolute Gasteiger partial charge is 0.373 e. The highest BCUT2D eigenvalue weighted by Crippen LogP contribution is 2.39. The van der Waals surface area contributed by atoms with E-state index in [0.29, 0.717) is 12.2 Å². The fourth-order valence-electron chi connectivity index (χ4n) is 4.45. The number of aryl methyl sites for hydroxylation is 1. The van der Waals surface area contributed by atoms with Crippen molar-refractivity contribution in [1.82, 2.24) is 14.9 Å². The Kier molecular flexibility index (Phi) is 5.07. The Morgan fingerprint density at radius 3 is 2.56 bits per heavy atom. The third kappa shape index (κ3) is 3.88. The molecule has 0 unspecified atom stereocenters. The minimum absolute atomic E-state index is 0.294. The quantitative estimate of drug-likeness (QED) is 0.799. The van der Waals surface area contributed by atoms with Gasteiger partial charge in [-0.05, 0) is 45.6 Å². The number of hydrogen-bond acceptors (Lipinski definition) is 5. The molecule has 136 valence electrons. The third-order valence-corrected chi connectivity index (χ3v) is 6.67. The molecule has 1 saturated carbocycles. The average molecular weight is 360 g/mol. The number of thiophene rings is 1. The molecule has 2 aromatic rings. The van der Waals surface area contributed by atoms with Crippen LogP contribution in [0.2, 0.25) is 0 Å². The molecule has 0 aromatic carbocycles. The summed E-state index contributed by atoms with van der Waals surface area (Å²) in [6.45, 7) is 9.21. The van der Waals surface area contributed by atoms with E-state index in [2.05, 4.69) is 24.8 Å². The van der Waals surface area contributed by atoms with E-state index in [1.54, 1.807) is 0 Å². The smallest absolute Gasteiger partial charge is 0.127 e. The van der Waals surface area contributed by atoms with Crippen LogP contribution in [0.4, 0.5) is 0 Å². The second-order valence-electron chi connectivity index (χ2n) is 7.87. The summed E-state index contributed by atoms with van der Waals surface area (Å²) >= 11 is 1.90. The Balaban J connectivity index is 1.62. The van der Waals surface area contributed by atoms with Crippen LogP contribution in [0.3, 0.4) is 0 Å².